The summed E-state index contributed by atoms with van der Waals surface area (Å²) in [5.74, 6) is 0. The van der Waals surface area contributed by atoms with Gasteiger partial charge in [0.2, 0.25) is 0 Å². The number of hydrogen-bond donors (Lipinski definition) is 0. The average Bonchev–Trinajstić information content (AvgIpc) is 1.99. The lowest BCUT2D eigenvalue weighted by Gasteiger charge is -2.12. The average molecular weight is 129 g/mol. The van der Waals surface area contributed by atoms with Gasteiger partial charge in [-0.05, 0) is 19.8 Å². The van der Waals surface area contributed by atoms with Crippen molar-refractivity contribution in [3.05, 3.63) is 12.2 Å². The van der Waals surface area contributed by atoms with Crippen LogP contribution in [0, 0.1) is 0 Å². The quantitative estimate of drug-likeness (QED) is 0.356. The van der Waals surface area contributed by atoms with Crippen molar-refractivity contribution in [1.29, 1.82) is 0 Å². The molecule has 1 aliphatic rings. The van der Waals surface area contributed by atoms with Crippen LogP contribution in [0.2, 0.25) is 0 Å². The van der Waals surface area contributed by atoms with Gasteiger partial charge in [-0.25, -0.2) is 0 Å². The highest BCUT2D eigenvalue weighted by Crippen LogP contribution is 2.08. The van der Waals surface area contributed by atoms with Crippen molar-refractivity contribution in [2.24, 2.45) is 0 Å². The summed E-state index contributed by atoms with van der Waals surface area (Å²) in [6.45, 7) is 2.44. The van der Waals surface area contributed by atoms with E-state index in [2.05, 4.69) is 0 Å². The van der Waals surface area contributed by atoms with Gasteiger partial charge in [0.1, 0.15) is 0 Å². The zero-order chi connectivity index (χ0) is 6.69. The smallest absolute Gasteiger partial charge is 0.0554 e. The molecule has 0 saturated heterocycles. The summed E-state index contributed by atoms with van der Waals surface area (Å²) in [7, 11) is 0. The molecule has 1 nitrogen and oxygen atoms in total. The molecule has 0 radical (unpaired) electrons. The molecular weight excluding hydrogens is 117 g/mol. The third-order valence-electron chi connectivity index (χ3n) is 1.60. The van der Waals surface area contributed by atoms with E-state index in [-0.39, 0.29) is 6.04 Å². The fourth-order valence-electron chi connectivity index (χ4n) is 0.950. The van der Waals surface area contributed by atoms with Crippen LogP contribution in [0.3, 0.4) is 0 Å². The van der Waals surface area contributed by atoms with E-state index in [1.165, 1.54) is 0 Å². The van der Waals surface area contributed by atoms with E-state index in [4.69, 9.17) is 0 Å². The SMILES string of the molecule is CC1C=CCCCN1F. The molecule has 0 aromatic rings. The standard InChI is InChI=1S/C7H12FN/c1-7-5-3-2-4-6-9(7)8/h3,5,7H,2,4,6H2,1H3. The van der Waals surface area contributed by atoms with Crippen LogP contribution in [0.4, 0.5) is 4.48 Å². The Morgan fingerprint density at radius 1 is 1.67 bits per heavy atom. The number of halogens is 1. The third kappa shape index (κ3) is 1.79. The maximum Gasteiger partial charge on any atom is 0.0554 e. The second-order valence-corrected chi connectivity index (χ2v) is 2.43. The number of rotatable bonds is 0. The molecule has 0 aromatic carbocycles. The van der Waals surface area contributed by atoms with E-state index in [1.54, 1.807) is 0 Å². The molecule has 1 heterocycles. The molecule has 0 aliphatic carbocycles. The third-order valence-corrected chi connectivity index (χ3v) is 1.60. The predicted molar refractivity (Wildman–Crippen MR) is 35.6 cm³/mol. The van der Waals surface area contributed by atoms with Gasteiger partial charge in [-0.1, -0.05) is 12.2 Å². The summed E-state index contributed by atoms with van der Waals surface area (Å²) < 4.78 is 12.6. The summed E-state index contributed by atoms with van der Waals surface area (Å²) in [5, 5.41) is 0.878. The highest BCUT2D eigenvalue weighted by Gasteiger charge is 2.10. The van der Waals surface area contributed by atoms with Gasteiger partial charge in [-0.3, -0.25) is 0 Å². The molecule has 0 saturated carbocycles. The van der Waals surface area contributed by atoms with E-state index in [1.807, 2.05) is 19.1 Å². The summed E-state index contributed by atoms with van der Waals surface area (Å²) >= 11 is 0. The molecule has 0 spiro atoms. The molecule has 2 heteroatoms. The Hall–Kier alpha value is -0.370. The lowest BCUT2D eigenvalue weighted by Crippen LogP contribution is -2.22. The van der Waals surface area contributed by atoms with Gasteiger partial charge in [-0.15, -0.1) is 9.60 Å². The first-order chi connectivity index (χ1) is 4.30. The van der Waals surface area contributed by atoms with Gasteiger partial charge < -0.3 is 0 Å². The van der Waals surface area contributed by atoms with E-state index < -0.39 is 0 Å². The van der Waals surface area contributed by atoms with Gasteiger partial charge >= 0.3 is 0 Å². The van der Waals surface area contributed by atoms with E-state index in [0.717, 1.165) is 18.0 Å². The number of hydrogen-bond acceptors (Lipinski definition) is 1. The van der Waals surface area contributed by atoms with Crippen LogP contribution in [0.1, 0.15) is 19.8 Å². The summed E-state index contributed by atoms with van der Waals surface area (Å²) in [4.78, 5) is 0. The van der Waals surface area contributed by atoms with Gasteiger partial charge in [0.25, 0.3) is 0 Å². The minimum Gasteiger partial charge on any atom is -0.140 e. The fourth-order valence-corrected chi connectivity index (χ4v) is 0.950. The fraction of sp³-hybridized carbons (Fsp3) is 0.714. The van der Waals surface area contributed by atoms with Crippen molar-refractivity contribution in [1.82, 2.24) is 5.12 Å². The van der Waals surface area contributed by atoms with Gasteiger partial charge in [0, 0.05) is 6.54 Å². The summed E-state index contributed by atoms with van der Waals surface area (Å²) in [5.41, 5.74) is 0. The molecule has 0 N–H and O–H groups in total. The second kappa shape index (κ2) is 2.97. The molecule has 1 aliphatic heterocycles. The molecule has 52 valence electrons. The molecule has 1 unspecified atom stereocenters. The van der Waals surface area contributed by atoms with Crippen molar-refractivity contribution in [2.45, 2.75) is 25.8 Å². The lowest BCUT2D eigenvalue weighted by atomic mass is 10.3. The van der Waals surface area contributed by atoms with Crippen LogP contribution in [0.15, 0.2) is 12.2 Å². The van der Waals surface area contributed by atoms with E-state index in [0.29, 0.717) is 6.54 Å². The molecular formula is C7H12FN. The maximum absolute atomic E-state index is 12.6. The Morgan fingerprint density at radius 3 is 3.22 bits per heavy atom. The first-order valence-electron chi connectivity index (χ1n) is 3.40. The topological polar surface area (TPSA) is 3.24 Å². The van der Waals surface area contributed by atoms with Gasteiger partial charge in [0.15, 0.2) is 0 Å². The van der Waals surface area contributed by atoms with Crippen LogP contribution in [0.5, 0.6) is 0 Å². The normalized spacial score (nSPS) is 30.2. The number of allylic oxidation sites excluding steroid dienone is 1. The summed E-state index contributed by atoms with van der Waals surface area (Å²) in [6, 6.07) is -0.0208. The van der Waals surface area contributed by atoms with Crippen molar-refractivity contribution in [3.63, 3.8) is 0 Å². The predicted octanol–water partition coefficient (Wildman–Crippen LogP) is 1.91. The lowest BCUT2D eigenvalue weighted by molar-refractivity contribution is 0.00457. The first kappa shape index (κ1) is 6.75. The Kier molecular flexibility index (Phi) is 2.22. The van der Waals surface area contributed by atoms with Gasteiger partial charge in [-0.2, -0.15) is 0 Å². The molecule has 0 amide bonds. The zero-order valence-electron chi connectivity index (χ0n) is 5.68. The Morgan fingerprint density at radius 2 is 2.44 bits per heavy atom. The molecule has 1 atom stereocenters. The highest BCUT2D eigenvalue weighted by molar-refractivity contribution is 4.92. The van der Waals surface area contributed by atoms with Crippen molar-refractivity contribution in [2.75, 3.05) is 6.54 Å². The largest absolute Gasteiger partial charge is 0.140 e. The molecule has 1 rings (SSSR count). The Labute approximate surface area is 55.1 Å². The minimum absolute atomic E-state index is 0.0208. The van der Waals surface area contributed by atoms with Gasteiger partial charge in [0.05, 0.1) is 6.04 Å². The van der Waals surface area contributed by atoms with Crippen LogP contribution >= 0.6 is 0 Å². The Balaban J connectivity index is 2.46. The van der Waals surface area contributed by atoms with E-state index >= 15 is 0 Å². The second-order valence-electron chi connectivity index (χ2n) is 2.43. The molecule has 0 bridgehead atoms. The monoisotopic (exact) mass is 129 g/mol. The van der Waals surface area contributed by atoms with Crippen molar-refractivity contribution >= 4 is 0 Å². The molecule has 9 heavy (non-hydrogen) atoms. The molecule has 0 aromatic heterocycles. The van der Waals surface area contributed by atoms with Crippen molar-refractivity contribution in [3.8, 4) is 0 Å². The first-order valence-corrected chi connectivity index (χ1v) is 3.40. The minimum atomic E-state index is -0.0208. The van der Waals surface area contributed by atoms with Crippen LogP contribution in [-0.4, -0.2) is 17.7 Å². The molecule has 0 fully saturated rings. The van der Waals surface area contributed by atoms with Crippen molar-refractivity contribution < 1.29 is 4.48 Å². The Bertz CT molecular complexity index is 111. The zero-order valence-corrected chi connectivity index (χ0v) is 5.68. The number of nitrogens with zero attached hydrogens (tertiary/aromatic N) is 1. The van der Waals surface area contributed by atoms with E-state index in [9.17, 15) is 4.48 Å². The van der Waals surface area contributed by atoms with Crippen LogP contribution in [-0.2, 0) is 0 Å². The maximum atomic E-state index is 12.6. The van der Waals surface area contributed by atoms with Crippen LogP contribution < -0.4 is 0 Å². The van der Waals surface area contributed by atoms with Crippen LogP contribution in [0.25, 0.3) is 0 Å². The summed E-state index contributed by atoms with van der Waals surface area (Å²) in [6.07, 6.45) is 5.92. The highest BCUT2D eigenvalue weighted by atomic mass is 19.2.